The van der Waals surface area contributed by atoms with Crippen LogP contribution in [0.3, 0.4) is 0 Å². The zero-order valence-corrected chi connectivity index (χ0v) is 9.15. The molecule has 1 aromatic rings. The second-order valence-corrected chi connectivity index (χ2v) is 3.46. The zero-order valence-electron chi connectivity index (χ0n) is 9.15. The number of rotatable bonds is 1. The Morgan fingerprint density at radius 1 is 1.18 bits per heavy atom. The molecule has 84 valence electrons. The second kappa shape index (κ2) is 5.62. The predicted molar refractivity (Wildman–Crippen MR) is 67.2 cm³/mol. The van der Waals surface area contributed by atoms with Gasteiger partial charge in [-0.05, 0) is 18.1 Å². The lowest BCUT2D eigenvalue weighted by Crippen LogP contribution is -1.97. The Labute approximate surface area is 100 Å². The van der Waals surface area contributed by atoms with Gasteiger partial charge in [0, 0.05) is 17.4 Å². The van der Waals surface area contributed by atoms with Crippen LogP contribution in [0.4, 0.5) is 4.39 Å². The maximum atomic E-state index is 12.6. The molecule has 0 unspecified atom stereocenters. The third-order valence-corrected chi connectivity index (χ3v) is 2.16. The lowest BCUT2D eigenvalue weighted by molar-refractivity contribution is 0.664. The van der Waals surface area contributed by atoms with Crippen LogP contribution in [0.15, 0.2) is 66.2 Å². The molecular weight excluding hydrogens is 213 g/mol. The van der Waals surface area contributed by atoms with Gasteiger partial charge in [-0.1, -0.05) is 24.4 Å². The topological polar surface area (TPSA) is 12.0 Å². The van der Waals surface area contributed by atoms with Gasteiger partial charge in [-0.3, -0.25) is 4.39 Å². The molecule has 2 rings (SSSR count). The van der Waals surface area contributed by atoms with E-state index < -0.39 is 0 Å². The molecule has 0 saturated carbocycles. The van der Waals surface area contributed by atoms with Crippen LogP contribution >= 0.6 is 0 Å². The minimum absolute atomic E-state index is 0.238. The molecule has 0 spiro atoms. The first kappa shape index (κ1) is 11.1. The molecule has 0 radical (unpaired) electrons. The van der Waals surface area contributed by atoms with Gasteiger partial charge in [0.25, 0.3) is 0 Å². The van der Waals surface area contributed by atoms with Gasteiger partial charge in [0.05, 0.1) is 0 Å². The Hall–Kier alpha value is -2.40. The molecule has 0 amide bonds. The van der Waals surface area contributed by atoms with E-state index in [1.54, 1.807) is 18.7 Å². The van der Waals surface area contributed by atoms with Crippen molar-refractivity contribution in [3.05, 3.63) is 78.1 Å². The van der Waals surface area contributed by atoms with E-state index in [1.165, 1.54) is 12.2 Å². The Balaban J connectivity index is 1.91. The molecule has 0 bridgehead atoms. The highest BCUT2D eigenvalue weighted by atomic mass is 19.1. The van der Waals surface area contributed by atoms with Crippen LogP contribution < -0.4 is 5.32 Å². The molecule has 1 aromatic carbocycles. The highest BCUT2D eigenvalue weighted by molar-refractivity contribution is 5.41. The van der Waals surface area contributed by atoms with Crippen LogP contribution in [-0.2, 0) is 0 Å². The van der Waals surface area contributed by atoms with Crippen molar-refractivity contribution in [3.8, 4) is 12.0 Å². The second-order valence-electron chi connectivity index (χ2n) is 3.46. The Morgan fingerprint density at radius 2 is 2.00 bits per heavy atom. The maximum Gasteiger partial charge on any atom is 0.0381 e. The Bertz CT molecular complexity index is 527. The largest absolute Gasteiger partial charge is 0.361 e. The van der Waals surface area contributed by atoms with E-state index in [-0.39, 0.29) is 5.83 Å². The monoisotopic (exact) mass is 224 g/mol. The highest BCUT2D eigenvalue weighted by Crippen LogP contribution is 2.13. The molecule has 1 N–H and O–H groups in total. The molecule has 0 heterocycles. The van der Waals surface area contributed by atoms with Crippen molar-refractivity contribution in [3.63, 3.8) is 0 Å². The van der Waals surface area contributed by atoms with Gasteiger partial charge in [0.1, 0.15) is 0 Å². The summed E-state index contributed by atoms with van der Waals surface area (Å²) in [6.45, 7) is 0. The molecule has 0 atom stereocenters. The van der Waals surface area contributed by atoms with Gasteiger partial charge in [-0.25, -0.2) is 0 Å². The van der Waals surface area contributed by atoms with Gasteiger partial charge in [-0.2, -0.15) is 0 Å². The SMILES string of the molecule is FC1=C[CH-]C(=CNC#Cc2ccccc2)C=C1. The minimum Gasteiger partial charge on any atom is -0.361 e. The average molecular weight is 224 g/mol. The van der Waals surface area contributed by atoms with E-state index in [2.05, 4.69) is 17.3 Å². The molecule has 0 aromatic heterocycles. The van der Waals surface area contributed by atoms with Gasteiger partial charge in [0.2, 0.25) is 0 Å². The number of nitrogens with one attached hydrogen (secondary N) is 1. The van der Waals surface area contributed by atoms with Crippen molar-refractivity contribution in [2.24, 2.45) is 0 Å². The molecule has 0 fully saturated rings. The normalized spacial score (nSPS) is 15.6. The van der Waals surface area contributed by atoms with E-state index in [1.807, 2.05) is 30.3 Å². The van der Waals surface area contributed by atoms with Crippen molar-refractivity contribution in [1.82, 2.24) is 5.32 Å². The summed E-state index contributed by atoms with van der Waals surface area (Å²) in [6, 6.07) is 12.5. The number of hydrogen-bond donors (Lipinski definition) is 1. The van der Waals surface area contributed by atoms with Gasteiger partial charge >= 0.3 is 0 Å². The summed E-state index contributed by atoms with van der Waals surface area (Å²) in [5, 5.41) is 2.86. The smallest absolute Gasteiger partial charge is 0.0381 e. The Kier molecular flexibility index (Phi) is 3.67. The summed E-state index contributed by atoms with van der Waals surface area (Å²) < 4.78 is 12.6. The summed E-state index contributed by atoms with van der Waals surface area (Å²) in [5.41, 5.74) is 1.83. The van der Waals surface area contributed by atoms with Crippen LogP contribution in [0.5, 0.6) is 0 Å². The first-order valence-electron chi connectivity index (χ1n) is 5.25. The lowest BCUT2D eigenvalue weighted by Gasteiger charge is -2.10. The highest BCUT2D eigenvalue weighted by Gasteiger charge is 1.89. The lowest BCUT2D eigenvalue weighted by atomic mass is 10.1. The van der Waals surface area contributed by atoms with E-state index in [9.17, 15) is 4.39 Å². The summed E-state index contributed by atoms with van der Waals surface area (Å²) >= 11 is 0. The molecule has 1 aliphatic rings. The fourth-order valence-electron chi connectivity index (χ4n) is 1.31. The molecular formula is C15H11FN-. The van der Waals surface area contributed by atoms with E-state index in [0.717, 1.165) is 11.1 Å². The van der Waals surface area contributed by atoms with E-state index in [0.29, 0.717) is 0 Å². The molecule has 2 heteroatoms. The van der Waals surface area contributed by atoms with Crippen molar-refractivity contribution in [2.75, 3.05) is 0 Å². The van der Waals surface area contributed by atoms with Crippen LogP contribution in [-0.4, -0.2) is 0 Å². The van der Waals surface area contributed by atoms with Crippen LogP contribution in [0, 0.1) is 18.4 Å². The van der Waals surface area contributed by atoms with Gasteiger partial charge in [0.15, 0.2) is 0 Å². The first-order valence-corrected chi connectivity index (χ1v) is 5.25. The van der Waals surface area contributed by atoms with Crippen LogP contribution in [0.2, 0.25) is 0 Å². The van der Waals surface area contributed by atoms with Crippen molar-refractivity contribution in [1.29, 1.82) is 0 Å². The molecule has 0 saturated heterocycles. The molecule has 0 aliphatic heterocycles. The third kappa shape index (κ3) is 3.58. The van der Waals surface area contributed by atoms with Gasteiger partial charge in [-0.15, -0.1) is 30.2 Å². The summed E-state index contributed by atoms with van der Waals surface area (Å²) in [4.78, 5) is 0. The standard InChI is InChI=1S/C15H11FN/c16-15-8-6-14(7-9-15)12-17-11-10-13-4-2-1-3-5-13/h1-9,12,17H/q-1. The fraction of sp³-hybridized carbons (Fsp3) is 0. The van der Waals surface area contributed by atoms with E-state index in [4.69, 9.17) is 0 Å². The summed E-state index contributed by atoms with van der Waals surface area (Å²) in [5.74, 6) is 2.72. The zero-order chi connectivity index (χ0) is 11.9. The van der Waals surface area contributed by atoms with Crippen LogP contribution in [0.1, 0.15) is 5.56 Å². The van der Waals surface area contributed by atoms with Gasteiger partial charge < -0.3 is 5.32 Å². The summed E-state index contributed by atoms with van der Waals surface area (Å²) in [7, 11) is 0. The minimum atomic E-state index is -0.238. The average Bonchev–Trinajstić information content (AvgIpc) is 2.38. The molecule has 1 aliphatic carbocycles. The summed E-state index contributed by atoms with van der Waals surface area (Å²) in [6.07, 6.45) is 7.94. The molecule has 17 heavy (non-hydrogen) atoms. The first-order chi connectivity index (χ1) is 8.34. The number of hydrogen-bond acceptors (Lipinski definition) is 1. The van der Waals surface area contributed by atoms with Crippen molar-refractivity contribution in [2.45, 2.75) is 0 Å². The quantitative estimate of drug-likeness (QED) is 0.439. The fourth-order valence-corrected chi connectivity index (χ4v) is 1.31. The number of benzene rings is 1. The Morgan fingerprint density at radius 3 is 2.71 bits per heavy atom. The predicted octanol–water partition coefficient (Wildman–Crippen LogP) is 3.10. The maximum absolute atomic E-state index is 12.6. The van der Waals surface area contributed by atoms with E-state index >= 15 is 0 Å². The number of halogens is 1. The molecule has 1 nitrogen and oxygen atoms in total. The third-order valence-electron chi connectivity index (χ3n) is 2.16. The van der Waals surface area contributed by atoms with Crippen molar-refractivity contribution < 1.29 is 4.39 Å². The van der Waals surface area contributed by atoms with Crippen LogP contribution in [0.25, 0.3) is 0 Å². The number of allylic oxidation sites excluding steroid dienone is 5. The van der Waals surface area contributed by atoms with Crippen molar-refractivity contribution >= 4 is 0 Å².